The Labute approximate surface area is 212 Å². The average molecular weight is 536 g/mol. The number of ether oxygens (including phenoxy) is 2. The molecule has 2 aliphatic rings. The molecule has 0 bridgehead atoms. The molecule has 2 aliphatic heterocycles. The first kappa shape index (κ1) is 23.2. The summed E-state index contributed by atoms with van der Waals surface area (Å²) in [6.45, 7) is 2.15. The molecule has 180 valence electrons. The molecule has 0 aromatic heterocycles. The number of hydrogen-bond donors (Lipinski definition) is 2. The number of fused-ring (bicyclic) bond motifs is 1. The lowest BCUT2D eigenvalue weighted by atomic mass is 10.0. The third kappa shape index (κ3) is 5.43. The highest BCUT2D eigenvalue weighted by Crippen LogP contribution is 2.32. The Kier molecular flexibility index (Phi) is 6.90. The van der Waals surface area contributed by atoms with Crippen LogP contribution in [-0.2, 0) is 6.54 Å². The fourth-order valence-electron chi connectivity index (χ4n) is 4.40. The van der Waals surface area contributed by atoms with Crippen LogP contribution in [0.1, 0.15) is 39.1 Å². The molecule has 2 N–H and O–H groups in total. The smallest absolute Gasteiger partial charge is 0.253 e. The number of nitrogens with zero attached hydrogens (tertiary/aromatic N) is 1. The molecule has 2 amide bonds. The zero-order valence-electron chi connectivity index (χ0n) is 19.1. The minimum absolute atomic E-state index is 0.0563. The molecule has 2 heterocycles. The molecule has 1 fully saturated rings. The van der Waals surface area contributed by atoms with E-state index in [0.717, 1.165) is 47.4 Å². The van der Waals surface area contributed by atoms with Gasteiger partial charge in [-0.1, -0.05) is 34.1 Å². The Balaban J connectivity index is 1.18. The second-order valence-corrected chi connectivity index (χ2v) is 9.54. The van der Waals surface area contributed by atoms with Gasteiger partial charge in [0.15, 0.2) is 11.5 Å². The van der Waals surface area contributed by atoms with Crippen molar-refractivity contribution in [1.29, 1.82) is 0 Å². The van der Waals surface area contributed by atoms with E-state index in [1.165, 1.54) is 0 Å². The van der Waals surface area contributed by atoms with Crippen LogP contribution in [0.15, 0.2) is 71.2 Å². The lowest BCUT2D eigenvalue weighted by molar-refractivity contribution is 0.0929. The van der Waals surface area contributed by atoms with Crippen molar-refractivity contribution in [2.45, 2.75) is 25.4 Å². The first-order valence-corrected chi connectivity index (χ1v) is 12.4. The monoisotopic (exact) mass is 535 g/mol. The number of amides is 2. The summed E-state index contributed by atoms with van der Waals surface area (Å²) >= 11 is 3.39. The highest BCUT2D eigenvalue weighted by Gasteiger charge is 2.24. The second-order valence-electron chi connectivity index (χ2n) is 8.63. The molecule has 0 spiro atoms. The quantitative estimate of drug-likeness (QED) is 0.485. The van der Waals surface area contributed by atoms with Gasteiger partial charge < -0.3 is 25.0 Å². The van der Waals surface area contributed by atoms with Crippen molar-refractivity contribution in [2.75, 3.05) is 24.8 Å². The van der Waals surface area contributed by atoms with Gasteiger partial charge in [0.25, 0.3) is 11.8 Å². The van der Waals surface area contributed by atoms with Crippen LogP contribution < -0.4 is 25.0 Å². The van der Waals surface area contributed by atoms with E-state index in [4.69, 9.17) is 9.47 Å². The van der Waals surface area contributed by atoms with Gasteiger partial charge in [-0.05, 0) is 66.9 Å². The van der Waals surface area contributed by atoms with Crippen LogP contribution in [0.3, 0.4) is 0 Å². The number of para-hydroxylation sites is 1. The van der Waals surface area contributed by atoms with Crippen molar-refractivity contribution in [3.8, 4) is 11.5 Å². The summed E-state index contributed by atoms with van der Waals surface area (Å²) in [5.41, 5.74) is 3.15. The van der Waals surface area contributed by atoms with Gasteiger partial charge in [0, 0.05) is 41.4 Å². The molecule has 8 heteroatoms. The number of nitrogens with one attached hydrogen (secondary N) is 2. The summed E-state index contributed by atoms with van der Waals surface area (Å²) in [5, 5.41) is 6.16. The van der Waals surface area contributed by atoms with Crippen LogP contribution >= 0.6 is 15.9 Å². The predicted octanol–water partition coefficient (Wildman–Crippen LogP) is 4.51. The van der Waals surface area contributed by atoms with Crippen molar-refractivity contribution in [2.24, 2.45) is 0 Å². The maximum absolute atomic E-state index is 13.1. The van der Waals surface area contributed by atoms with E-state index in [-0.39, 0.29) is 24.6 Å². The van der Waals surface area contributed by atoms with E-state index < -0.39 is 0 Å². The molecule has 7 nitrogen and oxygen atoms in total. The van der Waals surface area contributed by atoms with Gasteiger partial charge in [-0.15, -0.1) is 0 Å². The fourth-order valence-corrected chi connectivity index (χ4v) is 4.67. The zero-order valence-corrected chi connectivity index (χ0v) is 20.7. The summed E-state index contributed by atoms with van der Waals surface area (Å²) in [5.74, 6) is 1.25. The third-order valence-electron chi connectivity index (χ3n) is 6.32. The highest BCUT2D eigenvalue weighted by molar-refractivity contribution is 9.10. The first-order chi connectivity index (χ1) is 17.1. The standard InChI is InChI=1S/C27H26BrN3O4/c28-20-8-6-19(7-9-20)26(32)30-21-11-13-31(14-12-21)23-4-2-1-3-22(23)27(33)29-16-18-5-10-24-25(15-18)35-17-34-24/h1-10,15,21H,11-14,16-17H2,(H,29,33)(H,30,32). The van der Waals surface area contributed by atoms with E-state index >= 15 is 0 Å². The summed E-state index contributed by atoms with van der Waals surface area (Å²) in [4.78, 5) is 27.8. The van der Waals surface area contributed by atoms with E-state index in [1.54, 1.807) is 0 Å². The molecule has 0 atom stereocenters. The first-order valence-electron chi connectivity index (χ1n) is 11.6. The minimum Gasteiger partial charge on any atom is -0.454 e. The lowest BCUT2D eigenvalue weighted by Crippen LogP contribution is -2.45. The van der Waals surface area contributed by atoms with E-state index in [9.17, 15) is 9.59 Å². The molecule has 5 rings (SSSR count). The van der Waals surface area contributed by atoms with Gasteiger partial charge in [0.05, 0.1) is 5.56 Å². The van der Waals surface area contributed by atoms with Crippen molar-refractivity contribution in [1.82, 2.24) is 10.6 Å². The molecule has 1 saturated heterocycles. The van der Waals surface area contributed by atoms with Gasteiger partial charge in [-0.2, -0.15) is 0 Å². The maximum atomic E-state index is 13.1. The normalized spacial score (nSPS) is 15.1. The predicted molar refractivity (Wildman–Crippen MR) is 137 cm³/mol. The van der Waals surface area contributed by atoms with Gasteiger partial charge in [-0.25, -0.2) is 0 Å². The second kappa shape index (κ2) is 10.4. The van der Waals surface area contributed by atoms with Crippen LogP contribution in [0.4, 0.5) is 5.69 Å². The maximum Gasteiger partial charge on any atom is 0.253 e. The molecular formula is C27H26BrN3O4. The number of piperidine rings is 1. The molecule has 0 radical (unpaired) electrons. The minimum atomic E-state index is -0.121. The number of carbonyl (C=O) groups excluding carboxylic acids is 2. The Morgan fingerprint density at radius 3 is 2.46 bits per heavy atom. The number of rotatable bonds is 6. The Hall–Kier alpha value is -3.52. The van der Waals surface area contributed by atoms with E-state index in [0.29, 0.717) is 23.4 Å². The lowest BCUT2D eigenvalue weighted by Gasteiger charge is -2.35. The third-order valence-corrected chi connectivity index (χ3v) is 6.84. The van der Waals surface area contributed by atoms with Crippen LogP contribution in [-0.4, -0.2) is 37.7 Å². The van der Waals surface area contributed by atoms with Gasteiger partial charge in [-0.3, -0.25) is 9.59 Å². The van der Waals surface area contributed by atoms with Crippen molar-refractivity contribution < 1.29 is 19.1 Å². The SMILES string of the molecule is O=C(NC1CCN(c2ccccc2C(=O)NCc2ccc3c(c2)OCO3)CC1)c1ccc(Br)cc1. The largest absolute Gasteiger partial charge is 0.454 e. The van der Waals surface area contributed by atoms with E-state index in [1.807, 2.05) is 66.7 Å². The van der Waals surface area contributed by atoms with Crippen LogP contribution in [0.2, 0.25) is 0 Å². The molecule has 0 aliphatic carbocycles. The van der Waals surface area contributed by atoms with E-state index in [2.05, 4.69) is 31.5 Å². The molecule has 0 unspecified atom stereocenters. The summed E-state index contributed by atoms with van der Waals surface area (Å²) in [6, 6.07) is 20.8. The molecule has 3 aromatic rings. The van der Waals surface area contributed by atoms with Gasteiger partial charge in [0.2, 0.25) is 6.79 Å². The number of carbonyl (C=O) groups is 2. The fraction of sp³-hybridized carbons (Fsp3) is 0.259. The zero-order chi connectivity index (χ0) is 24.2. The molecule has 0 saturated carbocycles. The van der Waals surface area contributed by atoms with Crippen LogP contribution in [0.5, 0.6) is 11.5 Å². The van der Waals surface area contributed by atoms with Crippen molar-refractivity contribution in [3.05, 3.63) is 87.9 Å². The topological polar surface area (TPSA) is 79.9 Å². The number of halogens is 1. The Morgan fingerprint density at radius 2 is 1.66 bits per heavy atom. The van der Waals surface area contributed by atoms with Crippen LogP contribution in [0, 0.1) is 0 Å². The Bertz CT molecular complexity index is 1220. The summed E-state index contributed by atoms with van der Waals surface area (Å²) in [7, 11) is 0. The number of anilines is 1. The molecule has 3 aromatic carbocycles. The molecule has 35 heavy (non-hydrogen) atoms. The molecular weight excluding hydrogens is 510 g/mol. The van der Waals surface area contributed by atoms with Gasteiger partial charge >= 0.3 is 0 Å². The van der Waals surface area contributed by atoms with Crippen molar-refractivity contribution >= 4 is 33.4 Å². The van der Waals surface area contributed by atoms with Crippen molar-refractivity contribution in [3.63, 3.8) is 0 Å². The highest BCUT2D eigenvalue weighted by atomic mass is 79.9. The average Bonchev–Trinajstić information content (AvgIpc) is 3.36. The van der Waals surface area contributed by atoms with Crippen LogP contribution in [0.25, 0.3) is 0 Å². The Morgan fingerprint density at radius 1 is 0.914 bits per heavy atom. The number of benzene rings is 3. The summed E-state index contributed by atoms with van der Waals surface area (Å²) in [6.07, 6.45) is 1.63. The number of hydrogen-bond acceptors (Lipinski definition) is 5. The van der Waals surface area contributed by atoms with Gasteiger partial charge in [0.1, 0.15) is 0 Å². The summed E-state index contributed by atoms with van der Waals surface area (Å²) < 4.78 is 11.7.